The van der Waals surface area contributed by atoms with Crippen LogP contribution in [0.25, 0.3) is 0 Å². The maximum atomic E-state index is 5.34. The number of allylic oxidation sites excluding steroid dienone is 1. The Kier molecular flexibility index (Phi) is 6.83. The molecule has 0 aliphatic carbocycles. The van der Waals surface area contributed by atoms with Crippen LogP contribution in [0.2, 0.25) is 6.04 Å². The van der Waals surface area contributed by atoms with Crippen LogP contribution >= 0.6 is 0 Å². The van der Waals surface area contributed by atoms with Gasteiger partial charge in [-0.05, 0) is 0 Å². The van der Waals surface area contributed by atoms with E-state index in [4.69, 9.17) is 8.54 Å². The molecule has 0 saturated carbocycles. The van der Waals surface area contributed by atoms with E-state index in [9.17, 15) is 0 Å². The molecule has 0 aliphatic heterocycles. The van der Waals surface area contributed by atoms with Crippen LogP contribution in [0.1, 0.15) is 0 Å². The Morgan fingerprint density at radius 1 is 1.40 bits per heavy atom. The molecule has 0 radical (unpaired) electrons. The molecule has 0 heterocycles. The molecule has 58 valence electrons. The molecule has 0 amide bonds. The monoisotopic (exact) mass is 174 g/mol. The molecule has 0 fully saturated rings. The average molecular weight is 174 g/mol. The van der Waals surface area contributed by atoms with Crippen LogP contribution in [0.3, 0.4) is 0 Å². The van der Waals surface area contributed by atoms with Gasteiger partial charge in [0.2, 0.25) is 0 Å². The predicted octanol–water partition coefficient (Wildman–Crippen LogP) is -0.108. The van der Waals surface area contributed by atoms with Crippen molar-refractivity contribution in [2.45, 2.75) is 6.04 Å². The summed E-state index contributed by atoms with van der Waals surface area (Å²) in [6, 6.07) is 0.886. The first-order valence-corrected chi connectivity index (χ1v) is 5.79. The first kappa shape index (κ1) is 9.83. The summed E-state index contributed by atoms with van der Waals surface area (Å²) in [7, 11) is -0.600. The average Bonchev–Trinajstić information content (AvgIpc) is 1.98. The smallest absolute Gasteiger partial charge is 0.314 e. The predicted molar refractivity (Wildman–Crippen MR) is 49.3 cm³/mol. The molecule has 1 unspecified atom stereocenters. The van der Waals surface area contributed by atoms with Gasteiger partial charge in [0, 0.05) is 6.04 Å². The van der Waals surface area contributed by atoms with Gasteiger partial charge in [-0.3, -0.25) is 0 Å². The third-order valence-electron chi connectivity index (χ3n) is 1.02. The molecule has 0 spiro atoms. The van der Waals surface area contributed by atoms with Crippen LogP contribution in [-0.4, -0.2) is 26.4 Å². The van der Waals surface area contributed by atoms with Crippen molar-refractivity contribution in [2.75, 3.05) is 6.61 Å². The Balaban J connectivity index is 3.38. The second-order valence-corrected chi connectivity index (χ2v) is 5.36. The second kappa shape index (κ2) is 6.95. The molecule has 0 rings (SSSR count). The van der Waals surface area contributed by atoms with Crippen LogP contribution in [0.5, 0.6) is 0 Å². The van der Waals surface area contributed by atoms with Gasteiger partial charge in [-0.15, -0.1) is 13.2 Å². The van der Waals surface area contributed by atoms with Crippen molar-refractivity contribution in [1.29, 1.82) is 0 Å². The zero-order valence-corrected chi connectivity index (χ0v) is 9.53. The van der Waals surface area contributed by atoms with E-state index in [0.717, 1.165) is 16.5 Å². The molecule has 0 N–H and O–H groups in total. The van der Waals surface area contributed by atoms with Crippen LogP contribution in [0, 0.1) is 0 Å². The number of rotatable bonds is 6. The summed E-state index contributed by atoms with van der Waals surface area (Å²) in [4.78, 5) is 0. The van der Waals surface area contributed by atoms with E-state index in [1.54, 1.807) is 6.08 Å². The Morgan fingerprint density at radius 3 is 2.50 bits per heavy atom. The van der Waals surface area contributed by atoms with Crippen molar-refractivity contribution in [1.82, 2.24) is 0 Å². The fraction of sp³-hybridized carbons (Fsp3) is 0.333. The van der Waals surface area contributed by atoms with Crippen LogP contribution < -0.4 is 0 Å². The SMILES string of the molecule is C=CCO[SiH](CC=C)O[SiH3]. The molecule has 4 heteroatoms. The summed E-state index contributed by atoms with van der Waals surface area (Å²) < 4.78 is 10.6. The quantitative estimate of drug-likeness (QED) is 0.413. The summed E-state index contributed by atoms with van der Waals surface area (Å²) in [5.41, 5.74) is 0. The third kappa shape index (κ3) is 4.69. The highest BCUT2D eigenvalue weighted by atomic mass is 28.3. The van der Waals surface area contributed by atoms with Crippen LogP contribution in [0.15, 0.2) is 25.3 Å². The van der Waals surface area contributed by atoms with Gasteiger partial charge in [0.25, 0.3) is 0 Å². The van der Waals surface area contributed by atoms with Crippen molar-refractivity contribution < 1.29 is 8.54 Å². The summed E-state index contributed by atoms with van der Waals surface area (Å²) in [6.45, 7) is 7.78. The van der Waals surface area contributed by atoms with Gasteiger partial charge in [-0.1, -0.05) is 12.2 Å². The van der Waals surface area contributed by atoms with Crippen molar-refractivity contribution >= 4 is 19.8 Å². The molecule has 2 nitrogen and oxygen atoms in total. The summed E-state index contributed by atoms with van der Waals surface area (Å²) in [5, 5.41) is 0. The zero-order valence-electron chi connectivity index (χ0n) is 6.38. The van der Waals surface area contributed by atoms with E-state index in [2.05, 4.69) is 13.2 Å². The Morgan fingerprint density at radius 2 is 2.10 bits per heavy atom. The number of hydrogen-bond donors (Lipinski definition) is 0. The summed E-state index contributed by atoms with van der Waals surface area (Å²) in [5.74, 6) is 0. The number of hydrogen-bond acceptors (Lipinski definition) is 2. The maximum Gasteiger partial charge on any atom is 0.314 e. The highest BCUT2D eigenvalue weighted by molar-refractivity contribution is 6.49. The minimum absolute atomic E-state index is 0.604. The lowest BCUT2D eigenvalue weighted by Crippen LogP contribution is -2.20. The zero-order chi connectivity index (χ0) is 7.82. The van der Waals surface area contributed by atoms with Gasteiger partial charge >= 0.3 is 9.28 Å². The first-order chi connectivity index (χ1) is 4.85. The van der Waals surface area contributed by atoms with Gasteiger partial charge < -0.3 is 8.54 Å². The highest BCUT2D eigenvalue weighted by Gasteiger charge is 2.05. The highest BCUT2D eigenvalue weighted by Crippen LogP contribution is 1.95. The molecular weight excluding hydrogens is 160 g/mol. The maximum absolute atomic E-state index is 5.34. The standard InChI is InChI=1S/C6H14O2Si2/c1-3-5-7-10(8-9)6-4-2/h3-4,10H,1-2,5-6H2,9H3. The van der Waals surface area contributed by atoms with Crippen LogP contribution in [-0.2, 0) is 8.54 Å². The van der Waals surface area contributed by atoms with Gasteiger partial charge in [-0.2, -0.15) is 0 Å². The van der Waals surface area contributed by atoms with Crippen molar-refractivity contribution in [3.8, 4) is 0 Å². The Bertz CT molecular complexity index is 106. The van der Waals surface area contributed by atoms with E-state index in [1.807, 2.05) is 6.08 Å². The molecule has 10 heavy (non-hydrogen) atoms. The molecular formula is C6H14O2Si2. The van der Waals surface area contributed by atoms with Crippen molar-refractivity contribution in [2.24, 2.45) is 0 Å². The van der Waals surface area contributed by atoms with E-state index in [0.29, 0.717) is 6.61 Å². The first-order valence-electron chi connectivity index (χ1n) is 3.21. The minimum Gasteiger partial charge on any atom is -0.447 e. The topological polar surface area (TPSA) is 18.5 Å². The van der Waals surface area contributed by atoms with Gasteiger partial charge in [0.15, 0.2) is 0 Å². The lowest BCUT2D eigenvalue weighted by Gasteiger charge is -2.10. The molecule has 0 saturated heterocycles. The lowest BCUT2D eigenvalue weighted by atomic mass is 10.7. The Hall–Kier alpha value is -0.166. The lowest BCUT2D eigenvalue weighted by molar-refractivity contribution is 0.308. The third-order valence-corrected chi connectivity index (χ3v) is 4.41. The second-order valence-electron chi connectivity index (χ2n) is 1.81. The van der Waals surface area contributed by atoms with Gasteiger partial charge in [0.05, 0.1) is 6.61 Å². The van der Waals surface area contributed by atoms with E-state index >= 15 is 0 Å². The molecule has 0 aliphatic rings. The van der Waals surface area contributed by atoms with Gasteiger partial charge in [-0.25, -0.2) is 0 Å². The minimum atomic E-state index is -1.36. The molecule has 0 aromatic carbocycles. The van der Waals surface area contributed by atoms with Crippen molar-refractivity contribution in [3.05, 3.63) is 25.3 Å². The molecule has 0 aromatic rings. The fourth-order valence-electron chi connectivity index (χ4n) is 0.544. The van der Waals surface area contributed by atoms with Crippen LogP contribution in [0.4, 0.5) is 0 Å². The van der Waals surface area contributed by atoms with Crippen molar-refractivity contribution in [3.63, 3.8) is 0 Å². The molecule has 1 atom stereocenters. The normalized spacial score (nSPS) is 12.8. The largest absolute Gasteiger partial charge is 0.447 e. The van der Waals surface area contributed by atoms with Gasteiger partial charge in [0.1, 0.15) is 10.5 Å². The van der Waals surface area contributed by atoms with E-state index in [1.165, 1.54) is 0 Å². The summed E-state index contributed by atoms with van der Waals surface area (Å²) >= 11 is 0. The van der Waals surface area contributed by atoms with E-state index < -0.39 is 9.28 Å². The fourth-order valence-corrected chi connectivity index (χ4v) is 2.62. The molecule has 0 bridgehead atoms. The summed E-state index contributed by atoms with van der Waals surface area (Å²) in [6.07, 6.45) is 3.58. The van der Waals surface area contributed by atoms with E-state index in [-0.39, 0.29) is 0 Å². The Labute approximate surface area is 66.9 Å². The molecule has 0 aromatic heterocycles.